The van der Waals surface area contributed by atoms with Crippen molar-refractivity contribution in [1.29, 1.82) is 0 Å². The van der Waals surface area contributed by atoms with Crippen LogP contribution in [-0.2, 0) is 0 Å². The number of halogens is 1. The summed E-state index contributed by atoms with van der Waals surface area (Å²) in [4.78, 5) is 11.0. The highest BCUT2D eigenvalue weighted by Crippen LogP contribution is 2.30. The number of ether oxygens (including phenoxy) is 2. The maximum atomic E-state index is 5.90. The van der Waals surface area contributed by atoms with Gasteiger partial charge < -0.3 is 14.4 Å². The minimum atomic E-state index is -0.135. The fourth-order valence-corrected chi connectivity index (χ4v) is 2.36. The second kappa shape index (κ2) is 9.42. The molecular weight excluding hydrogens is 382 g/mol. The van der Waals surface area contributed by atoms with Crippen LogP contribution in [0.15, 0.2) is 45.9 Å². The first kappa shape index (κ1) is 19.2. The smallest absolute Gasteiger partial charge is 0.228 e. The SMILES string of the molecule is CCN(C)/C=N/c1cc(Br)c(OC(C)COc2ccccc2)nc1C. The second-order valence-electron chi connectivity index (χ2n) is 5.75. The average Bonchev–Trinajstić information content (AvgIpc) is 2.62. The lowest BCUT2D eigenvalue weighted by atomic mass is 10.3. The molecule has 1 unspecified atom stereocenters. The molecule has 1 aromatic heterocycles. The number of para-hydroxylation sites is 1. The summed E-state index contributed by atoms with van der Waals surface area (Å²) in [5.41, 5.74) is 1.63. The maximum absolute atomic E-state index is 5.90. The van der Waals surface area contributed by atoms with Crippen molar-refractivity contribution >= 4 is 28.0 Å². The predicted octanol–water partition coefficient (Wildman–Crippen LogP) is 4.61. The van der Waals surface area contributed by atoms with E-state index in [-0.39, 0.29) is 6.10 Å². The van der Waals surface area contributed by atoms with Crippen LogP contribution < -0.4 is 9.47 Å². The Morgan fingerprint density at radius 1 is 1.32 bits per heavy atom. The third-order valence-corrected chi connectivity index (χ3v) is 4.11. The molecular formula is C19H24BrN3O2. The Morgan fingerprint density at radius 3 is 2.72 bits per heavy atom. The molecule has 1 heterocycles. The van der Waals surface area contributed by atoms with Crippen LogP contribution in [0.25, 0.3) is 0 Å². The normalized spacial score (nSPS) is 12.2. The Kier molecular flexibility index (Phi) is 7.25. The van der Waals surface area contributed by atoms with E-state index in [4.69, 9.17) is 9.47 Å². The van der Waals surface area contributed by atoms with E-state index in [2.05, 4.69) is 32.8 Å². The first-order valence-corrected chi connectivity index (χ1v) is 9.05. The van der Waals surface area contributed by atoms with E-state index in [1.165, 1.54) is 0 Å². The first-order chi connectivity index (χ1) is 12.0. The topological polar surface area (TPSA) is 47.0 Å². The summed E-state index contributed by atoms with van der Waals surface area (Å²) in [6, 6.07) is 11.6. The standard InChI is InChI=1S/C19H24BrN3O2/c1-5-23(4)13-21-18-11-17(20)19(22-15(18)3)25-14(2)12-24-16-9-7-6-8-10-16/h6-11,13-14H,5,12H2,1-4H3/b21-13+. The van der Waals surface area contributed by atoms with Crippen LogP contribution >= 0.6 is 15.9 Å². The lowest BCUT2D eigenvalue weighted by Gasteiger charge is -2.17. The van der Waals surface area contributed by atoms with E-state index in [1.807, 2.05) is 62.2 Å². The molecule has 0 radical (unpaired) electrons. The molecule has 0 aliphatic heterocycles. The van der Waals surface area contributed by atoms with Crippen LogP contribution in [0.4, 0.5) is 5.69 Å². The lowest BCUT2D eigenvalue weighted by molar-refractivity contribution is 0.137. The molecule has 0 N–H and O–H groups in total. The van der Waals surface area contributed by atoms with Crippen LogP contribution in [0, 0.1) is 6.92 Å². The fraction of sp³-hybridized carbons (Fsp3) is 0.368. The molecule has 1 aromatic carbocycles. The summed E-state index contributed by atoms with van der Waals surface area (Å²) >= 11 is 3.51. The molecule has 25 heavy (non-hydrogen) atoms. The third kappa shape index (κ3) is 6.05. The van der Waals surface area contributed by atoms with Gasteiger partial charge in [0.25, 0.3) is 0 Å². The van der Waals surface area contributed by atoms with Crippen molar-refractivity contribution < 1.29 is 9.47 Å². The molecule has 5 nitrogen and oxygen atoms in total. The molecule has 2 aromatic rings. The van der Waals surface area contributed by atoms with Crippen LogP contribution in [0.3, 0.4) is 0 Å². The van der Waals surface area contributed by atoms with E-state index in [1.54, 1.807) is 6.34 Å². The zero-order chi connectivity index (χ0) is 18.2. The summed E-state index contributed by atoms with van der Waals surface area (Å²) < 4.78 is 12.4. The average molecular weight is 406 g/mol. The van der Waals surface area contributed by atoms with E-state index in [9.17, 15) is 0 Å². The Labute approximate surface area is 157 Å². The van der Waals surface area contributed by atoms with Crippen molar-refractivity contribution in [2.24, 2.45) is 4.99 Å². The highest BCUT2D eigenvalue weighted by Gasteiger charge is 2.12. The maximum Gasteiger partial charge on any atom is 0.228 e. The van der Waals surface area contributed by atoms with Gasteiger partial charge in [0.05, 0.1) is 22.2 Å². The summed E-state index contributed by atoms with van der Waals surface area (Å²) in [5, 5.41) is 0. The Morgan fingerprint density at radius 2 is 2.04 bits per heavy atom. The summed E-state index contributed by atoms with van der Waals surface area (Å²) in [6.45, 7) is 7.29. The van der Waals surface area contributed by atoms with Crippen molar-refractivity contribution in [3.05, 3.63) is 46.6 Å². The van der Waals surface area contributed by atoms with Gasteiger partial charge in [-0.15, -0.1) is 0 Å². The Hall–Kier alpha value is -2.08. The van der Waals surface area contributed by atoms with Crippen molar-refractivity contribution in [1.82, 2.24) is 9.88 Å². The van der Waals surface area contributed by atoms with Gasteiger partial charge >= 0.3 is 0 Å². The van der Waals surface area contributed by atoms with Crippen LogP contribution in [0.2, 0.25) is 0 Å². The molecule has 6 heteroatoms. The first-order valence-electron chi connectivity index (χ1n) is 8.25. The Bertz CT molecular complexity index is 707. The molecule has 0 fully saturated rings. The molecule has 2 rings (SSSR count). The fourth-order valence-electron chi connectivity index (χ4n) is 1.96. The zero-order valence-corrected chi connectivity index (χ0v) is 16.7. The quantitative estimate of drug-likeness (QED) is 0.475. The number of aliphatic imine (C=N–C) groups is 1. The number of pyridine rings is 1. The van der Waals surface area contributed by atoms with Crippen molar-refractivity contribution in [3.63, 3.8) is 0 Å². The highest BCUT2D eigenvalue weighted by atomic mass is 79.9. The van der Waals surface area contributed by atoms with Gasteiger partial charge in [-0.1, -0.05) is 18.2 Å². The number of aromatic nitrogens is 1. The molecule has 0 saturated carbocycles. The monoisotopic (exact) mass is 405 g/mol. The number of aryl methyl sites for hydroxylation is 1. The molecule has 1 atom stereocenters. The van der Waals surface area contributed by atoms with E-state index < -0.39 is 0 Å². The Balaban J connectivity index is 1.99. The summed E-state index contributed by atoms with van der Waals surface area (Å²) in [6.07, 6.45) is 1.66. The van der Waals surface area contributed by atoms with Gasteiger partial charge in [-0.25, -0.2) is 9.98 Å². The predicted molar refractivity (Wildman–Crippen MR) is 105 cm³/mol. The molecule has 0 aliphatic rings. The number of rotatable bonds is 8. The minimum absolute atomic E-state index is 0.135. The second-order valence-corrected chi connectivity index (χ2v) is 6.60. The van der Waals surface area contributed by atoms with Gasteiger partial charge in [0, 0.05) is 13.6 Å². The van der Waals surface area contributed by atoms with E-state index in [0.717, 1.165) is 28.1 Å². The molecule has 0 bridgehead atoms. The molecule has 0 aliphatic carbocycles. The van der Waals surface area contributed by atoms with Gasteiger partial charge in [-0.3, -0.25) is 0 Å². The van der Waals surface area contributed by atoms with Crippen LogP contribution in [-0.4, -0.2) is 42.5 Å². The van der Waals surface area contributed by atoms with Gasteiger partial charge in [-0.05, 0) is 54.9 Å². The van der Waals surface area contributed by atoms with Gasteiger partial charge in [0.2, 0.25) is 5.88 Å². The highest BCUT2D eigenvalue weighted by molar-refractivity contribution is 9.10. The zero-order valence-electron chi connectivity index (χ0n) is 15.1. The lowest BCUT2D eigenvalue weighted by Crippen LogP contribution is -2.21. The minimum Gasteiger partial charge on any atom is -0.490 e. The number of hydrogen-bond acceptors (Lipinski definition) is 4. The third-order valence-electron chi connectivity index (χ3n) is 3.54. The van der Waals surface area contributed by atoms with Crippen molar-refractivity contribution in [2.75, 3.05) is 20.2 Å². The van der Waals surface area contributed by atoms with Crippen LogP contribution in [0.1, 0.15) is 19.5 Å². The van der Waals surface area contributed by atoms with Crippen LogP contribution in [0.5, 0.6) is 11.6 Å². The molecule has 0 saturated heterocycles. The van der Waals surface area contributed by atoms with Gasteiger partial charge in [0.1, 0.15) is 18.5 Å². The van der Waals surface area contributed by atoms with Crippen molar-refractivity contribution in [2.45, 2.75) is 26.9 Å². The summed E-state index contributed by atoms with van der Waals surface area (Å²) in [7, 11) is 1.98. The van der Waals surface area contributed by atoms with Gasteiger partial charge in [0.15, 0.2) is 0 Å². The number of benzene rings is 1. The van der Waals surface area contributed by atoms with Crippen molar-refractivity contribution in [3.8, 4) is 11.6 Å². The van der Waals surface area contributed by atoms with E-state index >= 15 is 0 Å². The van der Waals surface area contributed by atoms with Gasteiger partial charge in [-0.2, -0.15) is 0 Å². The molecule has 134 valence electrons. The largest absolute Gasteiger partial charge is 0.490 e. The van der Waals surface area contributed by atoms with E-state index in [0.29, 0.717) is 12.5 Å². The summed E-state index contributed by atoms with van der Waals surface area (Å²) in [5.74, 6) is 1.37. The molecule has 0 amide bonds. The number of hydrogen-bond donors (Lipinski definition) is 0. The number of nitrogens with zero attached hydrogens (tertiary/aromatic N) is 3. The molecule has 0 spiro atoms.